The number of piperidine rings is 1. The molecule has 0 saturated carbocycles. The molecule has 0 spiro atoms. The summed E-state index contributed by atoms with van der Waals surface area (Å²) in [6.45, 7) is 4.02. The van der Waals surface area contributed by atoms with E-state index < -0.39 is 0 Å². The van der Waals surface area contributed by atoms with Crippen molar-refractivity contribution in [2.45, 2.75) is 39.2 Å². The summed E-state index contributed by atoms with van der Waals surface area (Å²) in [4.78, 5) is 18.6. The highest BCUT2D eigenvalue weighted by atomic mass is 16.7. The number of fused-ring (bicyclic) bond motifs is 1. The molecule has 1 aromatic carbocycles. The van der Waals surface area contributed by atoms with E-state index in [1.807, 2.05) is 17.0 Å². The second-order valence-corrected chi connectivity index (χ2v) is 7.77. The van der Waals surface area contributed by atoms with Gasteiger partial charge >= 0.3 is 0 Å². The molecule has 1 saturated heterocycles. The quantitative estimate of drug-likeness (QED) is 0.721. The van der Waals surface area contributed by atoms with Gasteiger partial charge in [0, 0.05) is 26.5 Å². The van der Waals surface area contributed by atoms with Gasteiger partial charge in [0.1, 0.15) is 0 Å². The summed E-state index contributed by atoms with van der Waals surface area (Å²) in [5, 5.41) is 3.95. The molecule has 28 heavy (non-hydrogen) atoms. The lowest BCUT2D eigenvalue weighted by molar-refractivity contribution is -0.138. The molecule has 2 aromatic rings. The first kappa shape index (κ1) is 18.7. The minimum Gasteiger partial charge on any atom is -0.454 e. The minimum absolute atomic E-state index is 0.0273. The lowest BCUT2D eigenvalue weighted by atomic mass is 9.76. The molecule has 1 fully saturated rings. The summed E-state index contributed by atoms with van der Waals surface area (Å²) in [6.07, 6.45) is 2.82. The molecular weight excluding hydrogens is 362 g/mol. The Morgan fingerprint density at radius 1 is 1.29 bits per heavy atom. The van der Waals surface area contributed by atoms with Gasteiger partial charge in [-0.2, -0.15) is 4.98 Å². The lowest BCUT2D eigenvalue weighted by Gasteiger charge is -2.40. The topological polar surface area (TPSA) is 86.9 Å². The van der Waals surface area contributed by atoms with E-state index in [4.69, 9.17) is 18.7 Å². The van der Waals surface area contributed by atoms with Crippen LogP contribution in [0.15, 0.2) is 22.7 Å². The van der Waals surface area contributed by atoms with Crippen molar-refractivity contribution in [3.8, 4) is 11.5 Å². The molecule has 8 nitrogen and oxygen atoms in total. The molecule has 4 rings (SSSR count). The Morgan fingerprint density at radius 2 is 2.14 bits per heavy atom. The molecule has 0 aliphatic carbocycles. The number of amides is 1. The molecule has 150 valence electrons. The van der Waals surface area contributed by atoms with E-state index in [0.29, 0.717) is 44.3 Å². The van der Waals surface area contributed by atoms with Crippen molar-refractivity contribution in [2.75, 3.05) is 27.1 Å². The molecule has 1 aromatic heterocycles. The fourth-order valence-electron chi connectivity index (χ4n) is 3.84. The molecule has 2 aliphatic heterocycles. The molecule has 0 bridgehead atoms. The number of carbonyl (C=O) groups excluding carboxylic acids is 1. The first-order valence-electron chi connectivity index (χ1n) is 9.51. The van der Waals surface area contributed by atoms with Crippen LogP contribution in [0.5, 0.6) is 11.5 Å². The first-order valence-corrected chi connectivity index (χ1v) is 9.51. The maximum atomic E-state index is 12.5. The van der Waals surface area contributed by atoms with Crippen LogP contribution in [0.4, 0.5) is 0 Å². The zero-order valence-electron chi connectivity index (χ0n) is 16.3. The van der Waals surface area contributed by atoms with Crippen LogP contribution in [0.25, 0.3) is 0 Å². The van der Waals surface area contributed by atoms with Crippen molar-refractivity contribution in [2.24, 2.45) is 5.41 Å². The molecule has 8 heteroatoms. The number of hydrogen-bond acceptors (Lipinski definition) is 7. The number of methoxy groups -OCH3 is 1. The largest absolute Gasteiger partial charge is 0.454 e. The third-order valence-electron chi connectivity index (χ3n) is 5.30. The number of nitrogens with zero attached hydrogens (tertiary/aromatic N) is 3. The predicted octanol–water partition coefficient (Wildman–Crippen LogP) is 2.36. The zero-order valence-corrected chi connectivity index (χ0v) is 16.3. The highest BCUT2D eigenvalue weighted by Gasteiger charge is 2.36. The Bertz CT molecular complexity index is 852. The number of rotatable bonds is 7. The van der Waals surface area contributed by atoms with Gasteiger partial charge in [0.2, 0.25) is 18.6 Å². The number of aromatic nitrogens is 2. The van der Waals surface area contributed by atoms with Crippen LogP contribution in [0.1, 0.15) is 37.0 Å². The summed E-state index contributed by atoms with van der Waals surface area (Å²) >= 11 is 0. The van der Waals surface area contributed by atoms with E-state index in [0.717, 1.165) is 24.3 Å². The van der Waals surface area contributed by atoms with Gasteiger partial charge in [-0.3, -0.25) is 4.79 Å². The van der Waals surface area contributed by atoms with Crippen LogP contribution in [0.3, 0.4) is 0 Å². The zero-order chi connectivity index (χ0) is 19.6. The number of hydrogen-bond donors (Lipinski definition) is 0. The Morgan fingerprint density at radius 3 is 3.00 bits per heavy atom. The van der Waals surface area contributed by atoms with E-state index in [1.54, 1.807) is 7.11 Å². The summed E-state index contributed by atoms with van der Waals surface area (Å²) in [6, 6.07) is 6.06. The second-order valence-electron chi connectivity index (χ2n) is 7.77. The van der Waals surface area contributed by atoms with Crippen molar-refractivity contribution in [1.29, 1.82) is 0 Å². The Kier molecular flexibility index (Phi) is 5.21. The second kappa shape index (κ2) is 7.79. The third kappa shape index (κ3) is 4.11. The summed E-state index contributed by atoms with van der Waals surface area (Å²) in [5.41, 5.74) is 1.15. The van der Waals surface area contributed by atoms with E-state index in [9.17, 15) is 4.79 Å². The van der Waals surface area contributed by atoms with Crippen LogP contribution in [-0.2, 0) is 28.9 Å². The van der Waals surface area contributed by atoms with Crippen molar-refractivity contribution in [3.63, 3.8) is 0 Å². The van der Waals surface area contributed by atoms with E-state index in [2.05, 4.69) is 23.1 Å². The van der Waals surface area contributed by atoms with Gasteiger partial charge in [0.05, 0.1) is 13.2 Å². The molecular formula is C20H25N3O5. The van der Waals surface area contributed by atoms with Gasteiger partial charge in [-0.15, -0.1) is 0 Å². The monoisotopic (exact) mass is 387 g/mol. The van der Waals surface area contributed by atoms with Crippen LogP contribution >= 0.6 is 0 Å². The van der Waals surface area contributed by atoms with Gasteiger partial charge in [-0.05, 0) is 36.0 Å². The van der Waals surface area contributed by atoms with Crippen LogP contribution in [0.2, 0.25) is 0 Å². The highest BCUT2D eigenvalue weighted by Crippen LogP contribution is 2.38. The van der Waals surface area contributed by atoms with Crippen LogP contribution < -0.4 is 9.47 Å². The van der Waals surface area contributed by atoms with Crippen molar-refractivity contribution >= 4 is 5.91 Å². The Hall–Kier alpha value is -2.61. The van der Waals surface area contributed by atoms with Gasteiger partial charge in [-0.25, -0.2) is 0 Å². The predicted molar refractivity (Wildman–Crippen MR) is 98.9 cm³/mol. The minimum atomic E-state index is -0.0273. The molecule has 1 unspecified atom stereocenters. The average molecular weight is 387 g/mol. The van der Waals surface area contributed by atoms with E-state index >= 15 is 0 Å². The average Bonchev–Trinajstić information content (AvgIpc) is 3.32. The third-order valence-corrected chi connectivity index (χ3v) is 5.30. The summed E-state index contributed by atoms with van der Waals surface area (Å²) in [7, 11) is 1.63. The fourth-order valence-corrected chi connectivity index (χ4v) is 3.84. The van der Waals surface area contributed by atoms with Gasteiger partial charge in [0.15, 0.2) is 17.3 Å². The van der Waals surface area contributed by atoms with Crippen LogP contribution in [0, 0.1) is 5.41 Å². The van der Waals surface area contributed by atoms with Crippen molar-refractivity contribution < 1.29 is 23.5 Å². The summed E-state index contributed by atoms with van der Waals surface area (Å²) < 4.78 is 21.2. The number of carbonyl (C=O) groups is 1. The lowest BCUT2D eigenvalue weighted by Crippen LogP contribution is -2.45. The highest BCUT2D eigenvalue weighted by molar-refractivity contribution is 5.77. The number of ether oxygens (including phenoxy) is 3. The molecule has 1 atom stereocenters. The number of likely N-dealkylation sites (tertiary alicyclic amines) is 1. The standard InChI is InChI=1S/C20H25N3O5/c1-20(10-14-3-4-15-16(9-14)27-13-26-15)7-5-19(24)23(12-20)11-18-21-17(22-28-18)6-8-25-2/h3-4,9H,5-8,10-13H2,1-2H3. The molecule has 0 radical (unpaired) electrons. The van der Waals surface area contributed by atoms with Gasteiger partial charge < -0.3 is 23.6 Å². The van der Waals surface area contributed by atoms with Crippen LogP contribution in [-0.4, -0.2) is 48.0 Å². The number of benzene rings is 1. The molecule has 0 N–H and O–H groups in total. The van der Waals surface area contributed by atoms with Crippen molar-refractivity contribution in [1.82, 2.24) is 15.0 Å². The maximum Gasteiger partial charge on any atom is 0.246 e. The van der Waals surface area contributed by atoms with Crippen molar-refractivity contribution in [3.05, 3.63) is 35.5 Å². The molecule has 3 heterocycles. The summed E-state index contributed by atoms with van der Waals surface area (Å²) in [5.74, 6) is 2.77. The Labute approximate surface area is 163 Å². The Balaban J connectivity index is 1.42. The maximum absolute atomic E-state index is 12.5. The first-order chi connectivity index (χ1) is 13.5. The van der Waals surface area contributed by atoms with E-state index in [-0.39, 0.29) is 18.1 Å². The molecule has 2 aliphatic rings. The normalized spacial score (nSPS) is 21.4. The molecule has 1 amide bonds. The van der Waals surface area contributed by atoms with Gasteiger partial charge in [-0.1, -0.05) is 18.1 Å². The smallest absolute Gasteiger partial charge is 0.246 e. The SMILES string of the molecule is COCCc1noc(CN2CC(C)(Cc3ccc4c(c3)OCO4)CCC2=O)n1. The van der Waals surface area contributed by atoms with Gasteiger partial charge in [0.25, 0.3) is 0 Å². The van der Waals surface area contributed by atoms with E-state index in [1.165, 1.54) is 5.56 Å². The fraction of sp³-hybridized carbons (Fsp3) is 0.550.